The molecular weight excluding hydrogens is 244 g/mol. The van der Waals surface area contributed by atoms with E-state index in [1.165, 1.54) is 6.92 Å². The van der Waals surface area contributed by atoms with Crippen LogP contribution in [0.2, 0.25) is 0 Å². The van der Waals surface area contributed by atoms with Crippen LogP contribution in [0.1, 0.15) is 34.1 Å². The van der Waals surface area contributed by atoms with Gasteiger partial charge in [0.1, 0.15) is 5.60 Å². The van der Waals surface area contributed by atoms with Gasteiger partial charge >= 0.3 is 11.9 Å². The van der Waals surface area contributed by atoms with Gasteiger partial charge in [0.15, 0.2) is 0 Å². The van der Waals surface area contributed by atoms with Gasteiger partial charge in [-0.3, -0.25) is 0 Å². The Bertz CT molecular complexity index is 567. The molecule has 3 unspecified atom stereocenters. The normalized spacial score (nSPS) is 40.8. The number of rotatable bonds is 1. The topological polar surface area (TPSA) is 63.6 Å². The number of ether oxygens (including phenoxy) is 1. The molecule has 2 aliphatic carbocycles. The molecule has 3 atom stereocenters. The zero-order valence-electron chi connectivity index (χ0n) is 11.6. The summed E-state index contributed by atoms with van der Waals surface area (Å²) in [5.41, 5.74) is 0.749. The van der Waals surface area contributed by atoms with Gasteiger partial charge in [0.05, 0.1) is 5.57 Å². The molecule has 19 heavy (non-hydrogen) atoms. The molecule has 102 valence electrons. The van der Waals surface area contributed by atoms with Crippen LogP contribution in [0.5, 0.6) is 0 Å². The molecule has 3 rings (SSSR count). The fourth-order valence-electron chi connectivity index (χ4n) is 3.93. The van der Waals surface area contributed by atoms with E-state index < -0.39 is 17.5 Å². The van der Waals surface area contributed by atoms with Crippen LogP contribution >= 0.6 is 0 Å². The number of fused-ring (bicyclic) bond motifs is 3. The molecule has 0 saturated heterocycles. The van der Waals surface area contributed by atoms with E-state index in [2.05, 4.69) is 13.8 Å². The summed E-state index contributed by atoms with van der Waals surface area (Å²) in [6, 6.07) is 0. The zero-order valence-corrected chi connectivity index (χ0v) is 11.6. The third-order valence-corrected chi connectivity index (χ3v) is 5.19. The Morgan fingerprint density at radius 3 is 2.58 bits per heavy atom. The predicted molar refractivity (Wildman–Crippen MR) is 68.3 cm³/mol. The van der Waals surface area contributed by atoms with E-state index in [1.807, 2.05) is 6.92 Å². The fraction of sp³-hybridized carbons (Fsp3) is 0.600. The van der Waals surface area contributed by atoms with Crippen LogP contribution in [-0.2, 0) is 14.3 Å². The van der Waals surface area contributed by atoms with E-state index in [-0.39, 0.29) is 16.6 Å². The van der Waals surface area contributed by atoms with Crippen LogP contribution in [0.15, 0.2) is 22.8 Å². The van der Waals surface area contributed by atoms with Crippen LogP contribution in [0.25, 0.3) is 0 Å². The van der Waals surface area contributed by atoms with Gasteiger partial charge in [-0.1, -0.05) is 13.8 Å². The van der Waals surface area contributed by atoms with Crippen molar-refractivity contribution in [2.24, 2.45) is 17.3 Å². The first-order chi connectivity index (χ1) is 8.69. The minimum Gasteiger partial charge on any atom is -0.478 e. The average molecular weight is 262 g/mol. The second kappa shape index (κ2) is 3.30. The molecule has 4 heteroatoms. The molecule has 0 amide bonds. The van der Waals surface area contributed by atoms with Gasteiger partial charge in [0.25, 0.3) is 0 Å². The van der Waals surface area contributed by atoms with Gasteiger partial charge in [0, 0.05) is 11.5 Å². The first kappa shape index (κ1) is 12.5. The van der Waals surface area contributed by atoms with Crippen LogP contribution in [-0.4, -0.2) is 22.6 Å². The maximum Gasteiger partial charge on any atom is 0.339 e. The summed E-state index contributed by atoms with van der Waals surface area (Å²) in [6.07, 6.45) is 2.85. The van der Waals surface area contributed by atoms with Gasteiger partial charge in [-0.05, 0) is 43.3 Å². The van der Waals surface area contributed by atoms with Crippen molar-refractivity contribution in [2.45, 2.75) is 39.7 Å². The standard InChI is InChI=1S/C15H18O4/c1-7(12(16)17)8-5-11-14(2,3)9-6-10(9)15(11,4)19-13(8)18/h5,9-10H,6H2,1-4H3,(H,16,17). The molecule has 1 aliphatic heterocycles. The zero-order chi connectivity index (χ0) is 14.2. The van der Waals surface area contributed by atoms with E-state index in [0.29, 0.717) is 11.8 Å². The molecule has 1 heterocycles. The molecule has 0 aromatic rings. The third-order valence-electron chi connectivity index (χ3n) is 5.19. The maximum atomic E-state index is 12.1. The quantitative estimate of drug-likeness (QED) is 0.582. The number of carbonyl (C=O) groups excluding carboxylic acids is 1. The molecular formula is C15H18O4. The molecule has 2 fully saturated rings. The summed E-state index contributed by atoms with van der Waals surface area (Å²) in [5, 5.41) is 9.05. The van der Waals surface area contributed by atoms with E-state index in [0.717, 1.165) is 12.0 Å². The van der Waals surface area contributed by atoms with Crippen LogP contribution in [0.4, 0.5) is 0 Å². The predicted octanol–water partition coefficient (Wildman–Crippen LogP) is 2.31. The minimum atomic E-state index is -1.08. The van der Waals surface area contributed by atoms with Gasteiger partial charge in [0.2, 0.25) is 0 Å². The number of esters is 1. The van der Waals surface area contributed by atoms with Gasteiger partial charge in [-0.25, -0.2) is 9.59 Å². The number of aliphatic carboxylic acids is 1. The molecule has 0 aromatic carbocycles. The summed E-state index contributed by atoms with van der Waals surface area (Å²) in [6.45, 7) is 7.72. The highest BCUT2D eigenvalue weighted by Crippen LogP contribution is 2.70. The Kier molecular flexibility index (Phi) is 2.16. The largest absolute Gasteiger partial charge is 0.478 e. The molecule has 2 saturated carbocycles. The van der Waals surface area contributed by atoms with Gasteiger partial charge in [-0.15, -0.1) is 0 Å². The van der Waals surface area contributed by atoms with Crippen LogP contribution < -0.4 is 0 Å². The molecule has 0 aromatic heterocycles. The van der Waals surface area contributed by atoms with Crippen molar-refractivity contribution in [2.75, 3.05) is 0 Å². The van der Waals surface area contributed by atoms with Crippen LogP contribution in [0, 0.1) is 17.3 Å². The van der Waals surface area contributed by atoms with Crippen LogP contribution in [0.3, 0.4) is 0 Å². The Morgan fingerprint density at radius 1 is 1.37 bits per heavy atom. The number of carboxylic acid groups (broad SMARTS) is 1. The Balaban J connectivity index is 2.17. The second-order valence-corrected chi connectivity index (χ2v) is 6.57. The first-order valence-corrected chi connectivity index (χ1v) is 6.59. The smallest absolute Gasteiger partial charge is 0.339 e. The number of carbonyl (C=O) groups is 2. The summed E-state index contributed by atoms with van der Waals surface area (Å²) in [5.74, 6) is -0.645. The lowest BCUT2D eigenvalue weighted by Gasteiger charge is -2.38. The van der Waals surface area contributed by atoms with E-state index >= 15 is 0 Å². The van der Waals surface area contributed by atoms with E-state index in [4.69, 9.17) is 9.84 Å². The van der Waals surface area contributed by atoms with Crippen molar-refractivity contribution in [1.29, 1.82) is 0 Å². The first-order valence-electron chi connectivity index (χ1n) is 6.59. The fourth-order valence-corrected chi connectivity index (χ4v) is 3.93. The number of hydrogen-bond donors (Lipinski definition) is 1. The maximum absolute atomic E-state index is 12.1. The molecule has 0 spiro atoms. The van der Waals surface area contributed by atoms with Gasteiger partial charge < -0.3 is 9.84 Å². The summed E-state index contributed by atoms with van der Waals surface area (Å²) in [4.78, 5) is 23.1. The highest BCUT2D eigenvalue weighted by Gasteiger charge is 2.69. The summed E-state index contributed by atoms with van der Waals surface area (Å²) in [7, 11) is 0. The lowest BCUT2D eigenvalue weighted by molar-refractivity contribution is -0.152. The van der Waals surface area contributed by atoms with Crippen molar-refractivity contribution >= 4 is 11.9 Å². The SMILES string of the molecule is CC(C(=O)O)=C1C=C2C(C)(C)C3CC3C2(C)OC1=O. The number of carboxylic acids is 1. The molecule has 0 radical (unpaired) electrons. The Labute approximate surface area is 112 Å². The van der Waals surface area contributed by atoms with Crippen molar-refractivity contribution in [1.82, 2.24) is 0 Å². The third kappa shape index (κ3) is 1.40. The Hall–Kier alpha value is -1.58. The molecule has 0 bridgehead atoms. The minimum absolute atomic E-state index is 0.0237. The lowest BCUT2D eigenvalue weighted by Crippen LogP contribution is -2.40. The highest BCUT2D eigenvalue weighted by molar-refractivity contribution is 6.02. The monoisotopic (exact) mass is 262 g/mol. The number of hydrogen-bond acceptors (Lipinski definition) is 3. The van der Waals surface area contributed by atoms with Crippen molar-refractivity contribution in [3.63, 3.8) is 0 Å². The lowest BCUT2D eigenvalue weighted by atomic mass is 9.75. The van der Waals surface area contributed by atoms with Gasteiger partial charge in [-0.2, -0.15) is 0 Å². The average Bonchev–Trinajstić information content (AvgIpc) is 3.05. The molecule has 4 nitrogen and oxygen atoms in total. The van der Waals surface area contributed by atoms with E-state index in [9.17, 15) is 9.59 Å². The van der Waals surface area contributed by atoms with E-state index in [1.54, 1.807) is 6.08 Å². The summed E-state index contributed by atoms with van der Waals surface area (Å²) >= 11 is 0. The summed E-state index contributed by atoms with van der Waals surface area (Å²) < 4.78 is 5.64. The van der Waals surface area contributed by atoms with Crippen molar-refractivity contribution in [3.05, 3.63) is 22.8 Å². The second-order valence-electron chi connectivity index (χ2n) is 6.57. The highest BCUT2D eigenvalue weighted by atomic mass is 16.6. The Morgan fingerprint density at radius 2 is 2.00 bits per heavy atom. The molecule has 1 N–H and O–H groups in total. The van der Waals surface area contributed by atoms with Crippen molar-refractivity contribution in [3.8, 4) is 0 Å². The van der Waals surface area contributed by atoms with Crippen molar-refractivity contribution < 1.29 is 19.4 Å². The molecule has 3 aliphatic rings.